The van der Waals surface area contributed by atoms with E-state index in [-0.39, 0.29) is 50.9 Å². The van der Waals surface area contributed by atoms with Crippen LogP contribution >= 0.6 is 0 Å². The Hall–Kier alpha value is 0.324. The molecule has 0 aromatic carbocycles. The maximum Gasteiger partial charge on any atom is 0.457 e. The zero-order valence-corrected chi connectivity index (χ0v) is 22.3. The number of fused-ring (bicyclic) bond motifs is 3. The Balaban J connectivity index is 1.88. The smallest absolute Gasteiger partial charge is 0.409 e. The number of hydrogen-bond acceptors (Lipinski definition) is 6. The van der Waals surface area contributed by atoms with Crippen molar-refractivity contribution in [3.63, 3.8) is 0 Å². The molecule has 0 spiro atoms. The van der Waals surface area contributed by atoms with Gasteiger partial charge in [-0.15, -0.1) is 0 Å². The third-order valence-electron chi connectivity index (χ3n) is 5.74. The van der Waals surface area contributed by atoms with Gasteiger partial charge in [0.05, 0.1) is 36.6 Å². The fourth-order valence-corrected chi connectivity index (χ4v) is 6.77. The molecule has 30 heavy (non-hydrogen) atoms. The maximum atomic E-state index is 6.72. The largest absolute Gasteiger partial charge is 0.457 e. The number of unbranched alkanes of at least 4 members (excludes halogenated alkanes) is 2. The van der Waals surface area contributed by atoms with Crippen molar-refractivity contribution in [2.45, 2.75) is 128 Å². The summed E-state index contributed by atoms with van der Waals surface area (Å²) in [4.78, 5) is 0. The van der Waals surface area contributed by atoms with Crippen molar-refractivity contribution in [2.24, 2.45) is 0 Å². The van der Waals surface area contributed by atoms with E-state index in [1.807, 2.05) is 0 Å². The molecule has 0 aromatic rings. The third-order valence-corrected chi connectivity index (χ3v) is 7.70. The van der Waals surface area contributed by atoms with Crippen molar-refractivity contribution in [1.82, 2.24) is 0 Å². The molecule has 2 heterocycles. The summed E-state index contributed by atoms with van der Waals surface area (Å²) in [6, 6.07) is 0. The summed E-state index contributed by atoms with van der Waals surface area (Å²) in [6.45, 7) is 17.7. The van der Waals surface area contributed by atoms with Gasteiger partial charge in [-0.3, -0.25) is 0 Å². The highest BCUT2D eigenvalue weighted by molar-refractivity contribution is 6.70. The van der Waals surface area contributed by atoms with Crippen molar-refractivity contribution < 1.29 is 27.5 Å². The molecule has 0 unspecified atom stereocenters. The van der Waals surface area contributed by atoms with E-state index in [1.54, 1.807) is 0 Å². The van der Waals surface area contributed by atoms with Gasteiger partial charge in [-0.1, -0.05) is 39.5 Å². The molecule has 0 aromatic heterocycles. The Kier molecular flexibility index (Phi) is 8.38. The van der Waals surface area contributed by atoms with Gasteiger partial charge in [-0.05, 0) is 51.9 Å². The highest BCUT2D eigenvalue weighted by atomic mass is 28.4. The lowest BCUT2D eigenvalue weighted by Crippen LogP contribution is -2.66. The first-order chi connectivity index (χ1) is 14.0. The molecule has 2 saturated heterocycles. The Morgan fingerprint density at radius 1 is 0.600 bits per heavy atom. The Labute approximate surface area is 186 Å². The predicted molar refractivity (Wildman–Crippen MR) is 127 cm³/mol. The van der Waals surface area contributed by atoms with E-state index in [9.17, 15) is 0 Å². The minimum Gasteiger partial charge on any atom is -0.409 e. The topological polar surface area (TPSA) is 55.4 Å². The zero-order chi connectivity index (χ0) is 22.1. The van der Waals surface area contributed by atoms with E-state index in [0.717, 1.165) is 38.3 Å². The monoisotopic (exact) mass is 456 g/mol. The predicted octanol–water partition coefficient (Wildman–Crippen LogP) is 4.58. The Morgan fingerprint density at radius 2 is 0.933 bits per heavy atom. The fourth-order valence-electron chi connectivity index (χ4n) is 4.60. The van der Waals surface area contributed by atoms with Crippen LogP contribution in [0.2, 0.25) is 51.9 Å². The highest BCUT2D eigenvalue weighted by Crippen LogP contribution is 2.43. The molecule has 0 bridgehead atoms. The normalized spacial score (nSPS) is 34.4. The molecule has 1 aliphatic carbocycles. The standard InChI is InChI=1S/C20H42B2O6Si2/c1-9-11-13-21-23-15-16-18(26-22(24-16)14-12-10-2)20(28-30(6,7)8)19(17(15)25-21)27-29(3,4)5/h15-20H,9-14H2,1-8H3/t15-,16-,17+,18+,19-,20-/m0/s1. The van der Waals surface area contributed by atoms with Crippen LogP contribution < -0.4 is 0 Å². The molecule has 3 aliphatic rings. The van der Waals surface area contributed by atoms with Crippen LogP contribution in [0.25, 0.3) is 0 Å². The average molecular weight is 456 g/mol. The summed E-state index contributed by atoms with van der Waals surface area (Å²) in [7, 11) is -4.09. The molecule has 3 rings (SSSR count). The van der Waals surface area contributed by atoms with Gasteiger partial charge in [-0.25, -0.2) is 0 Å². The van der Waals surface area contributed by atoms with Crippen LogP contribution in [0.15, 0.2) is 0 Å². The van der Waals surface area contributed by atoms with E-state index < -0.39 is 16.6 Å². The summed E-state index contributed by atoms with van der Waals surface area (Å²) in [6.07, 6.45) is 5.19. The summed E-state index contributed by atoms with van der Waals surface area (Å²) in [5.74, 6) is 0. The summed E-state index contributed by atoms with van der Waals surface area (Å²) in [5, 5.41) is 0. The molecule has 3 fully saturated rings. The second kappa shape index (κ2) is 10.1. The molecule has 2 aliphatic heterocycles. The molecular formula is C20H42B2O6Si2. The SMILES string of the molecule is CCCCB1O[C@H]2[C@@H]3OB(CCCC)O[C@H]3[C@H](O[Si](C)(C)C)[C@@H](O[Si](C)(C)C)[C@@H]2O1. The molecule has 6 nitrogen and oxygen atoms in total. The van der Waals surface area contributed by atoms with Crippen LogP contribution in [0.3, 0.4) is 0 Å². The molecule has 0 amide bonds. The van der Waals surface area contributed by atoms with E-state index in [2.05, 4.69) is 53.1 Å². The molecule has 172 valence electrons. The maximum absolute atomic E-state index is 6.72. The van der Waals surface area contributed by atoms with Crippen LogP contribution in [-0.2, 0) is 27.5 Å². The van der Waals surface area contributed by atoms with Crippen molar-refractivity contribution >= 4 is 30.9 Å². The zero-order valence-electron chi connectivity index (χ0n) is 20.3. The Morgan fingerprint density at radius 3 is 1.23 bits per heavy atom. The van der Waals surface area contributed by atoms with Crippen molar-refractivity contribution in [3.05, 3.63) is 0 Å². The van der Waals surface area contributed by atoms with Gasteiger partial charge in [0, 0.05) is 0 Å². The van der Waals surface area contributed by atoms with Gasteiger partial charge in [0.2, 0.25) is 0 Å². The molecule has 1 saturated carbocycles. The van der Waals surface area contributed by atoms with Gasteiger partial charge >= 0.3 is 14.2 Å². The minimum atomic E-state index is -1.85. The lowest BCUT2D eigenvalue weighted by atomic mass is 9.82. The van der Waals surface area contributed by atoms with Crippen LogP contribution in [0.1, 0.15) is 39.5 Å². The van der Waals surface area contributed by atoms with Gasteiger partial charge in [0.15, 0.2) is 16.6 Å². The quantitative estimate of drug-likeness (QED) is 0.449. The lowest BCUT2D eigenvalue weighted by molar-refractivity contribution is -0.142. The van der Waals surface area contributed by atoms with Crippen molar-refractivity contribution in [2.75, 3.05) is 0 Å². The van der Waals surface area contributed by atoms with E-state index in [1.165, 1.54) is 0 Å². The van der Waals surface area contributed by atoms with Gasteiger partial charge in [-0.2, -0.15) is 0 Å². The average Bonchev–Trinajstić information content (AvgIpc) is 3.23. The first-order valence-electron chi connectivity index (χ1n) is 12.0. The first kappa shape index (κ1) is 25.0. The van der Waals surface area contributed by atoms with Crippen LogP contribution in [-0.4, -0.2) is 67.5 Å². The summed E-state index contributed by atoms with van der Waals surface area (Å²) >= 11 is 0. The molecule has 6 atom stereocenters. The van der Waals surface area contributed by atoms with Crippen LogP contribution in [0.4, 0.5) is 0 Å². The highest BCUT2D eigenvalue weighted by Gasteiger charge is 2.63. The minimum absolute atomic E-state index is 0.161. The second-order valence-corrected chi connectivity index (χ2v) is 19.9. The van der Waals surface area contributed by atoms with E-state index in [0.29, 0.717) is 0 Å². The third kappa shape index (κ3) is 6.22. The lowest BCUT2D eigenvalue weighted by Gasteiger charge is -2.48. The second-order valence-electron chi connectivity index (χ2n) is 10.9. The van der Waals surface area contributed by atoms with E-state index in [4.69, 9.17) is 27.5 Å². The molecule has 10 heteroatoms. The Bertz CT molecular complexity index is 510. The summed E-state index contributed by atoms with van der Waals surface area (Å²) in [5.41, 5.74) is 0. The molecule has 0 radical (unpaired) electrons. The number of rotatable bonds is 10. The molecular weight excluding hydrogens is 414 g/mol. The van der Waals surface area contributed by atoms with Crippen molar-refractivity contribution in [3.8, 4) is 0 Å². The van der Waals surface area contributed by atoms with Crippen LogP contribution in [0.5, 0.6) is 0 Å². The van der Waals surface area contributed by atoms with Gasteiger partial charge < -0.3 is 27.5 Å². The molecule has 0 N–H and O–H groups in total. The van der Waals surface area contributed by atoms with E-state index >= 15 is 0 Å². The van der Waals surface area contributed by atoms with Crippen LogP contribution in [0, 0.1) is 0 Å². The fraction of sp³-hybridized carbons (Fsp3) is 1.00. The number of hydrogen-bond donors (Lipinski definition) is 0. The van der Waals surface area contributed by atoms with Gasteiger partial charge in [0.1, 0.15) is 0 Å². The first-order valence-corrected chi connectivity index (χ1v) is 18.8. The summed E-state index contributed by atoms with van der Waals surface area (Å²) < 4.78 is 39.2. The van der Waals surface area contributed by atoms with Crippen molar-refractivity contribution in [1.29, 1.82) is 0 Å². The van der Waals surface area contributed by atoms with Gasteiger partial charge in [0.25, 0.3) is 0 Å².